The largest absolute Gasteiger partial charge is 0.483 e. The van der Waals surface area contributed by atoms with Crippen molar-refractivity contribution in [1.82, 2.24) is 9.88 Å². The molecule has 31 heavy (non-hydrogen) atoms. The van der Waals surface area contributed by atoms with Crippen LogP contribution in [0.5, 0.6) is 5.75 Å². The number of rotatable bonds is 8. The van der Waals surface area contributed by atoms with Gasteiger partial charge < -0.3 is 20.1 Å². The standard InChI is InChI=1S/C23H22ClN3O4/c1-27(23(29)30)14-12-20(16-7-3-2-4-8-16)31-21-10-6-5-9-19(21)26-22(28)17-15-25-13-11-18(17)24/h2-11,13,15,20H,12,14H2,1H3,(H,26,28)(H,29,30). The van der Waals surface area contributed by atoms with Crippen LogP contribution in [0.15, 0.2) is 73.1 Å². The Kier molecular flexibility index (Phi) is 7.45. The highest BCUT2D eigenvalue weighted by atomic mass is 35.5. The zero-order valence-electron chi connectivity index (χ0n) is 16.9. The molecule has 8 heteroatoms. The first-order valence-corrected chi connectivity index (χ1v) is 9.99. The Morgan fingerprint density at radius 3 is 2.55 bits per heavy atom. The smallest absolute Gasteiger partial charge is 0.407 e. The van der Waals surface area contributed by atoms with E-state index < -0.39 is 18.1 Å². The number of ether oxygens (including phenoxy) is 1. The highest BCUT2D eigenvalue weighted by Crippen LogP contribution is 2.31. The van der Waals surface area contributed by atoms with E-state index >= 15 is 0 Å². The molecule has 0 radical (unpaired) electrons. The van der Waals surface area contributed by atoms with E-state index in [1.54, 1.807) is 30.3 Å². The van der Waals surface area contributed by atoms with Gasteiger partial charge in [0, 0.05) is 32.4 Å². The minimum atomic E-state index is -1.01. The van der Waals surface area contributed by atoms with E-state index in [9.17, 15) is 9.59 Å². The molecular formula is C23H22ClN3O4. The van der Waals surface area contributed by atoms with Crippen molar-refractivity contribution in [2.45, 2.75) is 12.5 Å². The van der Waals surface area contributed by atoms with Crippen LogP contribution in [0, 0.1) is 0 Å². The Hall–Kier alpha value is -3.58. The first-order valence-electron chi connectivity index (χ1n) is 9.61. The fourth-order valence-corrected chi connectivity index (χ4v) is 3.12. The van der Waals surface area contributed by atoms with E-state index in [0.717, 1.165) is 5.56 Å². The summed E-state index contributed by atoms with van der Waals surface area (Å²) in [6, 6.07) is 18.1. The number of hydrogen-bond donors (Lipinski definition) is 2. The molecule has 7 nitrogen and oxygen atoms in total. The van der Waals surface area contributed by atoms with Gasteiger partial charge >= 0.3 is 6.09 Å². The van der Waals surface area contributed by atoms with Gasteiger partial charge in [0.05, 0.1) is 16.3 Å². The number of pyridine rings is 1. The number of hydrogen-bond acceptors (Lipinski definition) is 4. The second-order valence-electron chi connectivity index (χ2n) is 6.82. The number of para-hydroxylation sites is 2. The van der Waals surface area contributed by atoms with E-state index in [2.05, 4.69) is 10.3 Å². The number of amides is 2. The zero-order valence-corrected chi connectivity index (χ0v) is 17.6. The average Bonchev–Trinajstić information content (AvgIpc) is 2.78. The van der Waals surface area contributed by atoms with Gasteiger partial charge in [-0.3, -0.25) is 9.78 Å². The van der Waals surface area contributed by atoms with Crippen LogP contribution >= 0.6 is 11.6 Å². The van der Waals surface area contributed by atoms with Crippen molar-refractivity contribution >= 4 is 29.3 Å². The van der Waals surface area contributed by atoms with Crippen LogP contribution in [0.4, 0.5) is 10.5 Å². The van der Waals surface area contributed by atoms with E-state index in [1.807, 2.05) is 30.3 Å². The first kappa shape index (κ1) is 22.1. The molecule has 2 aromatic carbocycles. The van der Waals surface area contributed by atoms with E-state index in [0.29, 0.717) is 22.9 Å². The SMILES string of the molecule is CN(CCC(Oc1ccccc1NC(=O)c1cnccc1Cl)c1ccccc1)C(=O)O. The van der Waals surface area contributed by atoms with Gasteiger partial charge in [0.15, 0.2) is 0 Å². The molecule has 0 fully saturated rings. The molecule has 0 bridgehead atoms. The van der Waals surface area contributed by atoms with Crippen LogP contribution in [0.1, 0.15) is 28.4 Å². The molecule has 0 aliphatic carbocycles. The average molecular weight is 440 g/mol. The molecule has 3 rings (SSSR count). The highest BCUT2D eigenvalue weighted by Gasteiger charge is 2.19. The number of benzene rings is 2. The van der Waals surface area contributed by atoms with E-state index in [1.165, 1.54) is 24.3 Å². The summed E-state index contributed by atoms with van der Waals surface area (Å²) in [5.74, 6) is 0.0544. The van der Waals surface area contributed by atoms with Crippen molar-refractivity contribution in [3.63, 3.8) is 0 Å². The van der Waals surface area contributed by atoms with E-state index in [4.69, 9.17) is 21.4 Å². The van der Waals surface area contributed by atoms with Crippen LogP contribution in [-0.2, 0) is 0 Å². The number of aromatic nitrogens is 1. The van der Waals surface area contributed by atoms with Gasteiger partial charge in [0.25, 0.3) is 5.91 Å². The maximum atomic E-state index is 12.7. The fraction of sp³-hybridized carbons (Fsp3) is 0.174. The summed E-state index contributed by atoms with van der Waals surface area (Å²) >= 11 is 6.10. The van der Waals surface area contributed by atoms with E-state index in [-0.39, 0.29) is 12.1 Å². The zero-order chi connectivity index (χ0) is 22.2. The van der Waals surface area contributed by atoms with Crippen LogP contribution in [-0.4, -0.2) is 40.6 Å². The maximum Gasteiger partial charge on any atom is 0.407 e. The van der Waals surface area contributed by atoms with Crippen molar-refractivity contribution in [3.8, 4) is 5.75 Å². The van der Waals surface area contributed by atoms with Gasteiger partial charge in [-0.25, -0.2) is 4.79 Å². The van der Waals surface area contributed by atoms with Gasteiger partial charge in [0.2, 0.25) is 0 Å². The Bertz CT molecular complexity index is 1050. The Labute approximate surface area is 185 Å². The first-order chi connectivity index (χ1) is 15.0. The van der Waals surface area contributed by atoms with Crippen molar-refractivity contribution in [1.29, 1.82) is 0 Å². The summed E-state index contributed by atoms with van der Waals surface area (Å²) in [7, 11) is 1.51. The highest BCUT2D eigenvalue weighted by molar-refractivity contribution is 6.34. The lowest BCUT2D eigenvalue weighted by Gasteiger charge is -2.23. The van der Waals surface area contributed by atoms with Crippen molar-refractivity contribution in [2.75, 3.05) is 18.9 Å². The molecule has 0 aliphatic heterocycles. The van der Waals surface area contributed by atoms with Gasteiger partial charge in [-0.2, -0.15) is 0 Å². The van der Waals surface area contributed by atoms with Crippen molar-refractivity contribution in [3.05, 3.63) is 89.2 Å². The Morgan fingerprint density at radius 1 is 1.13 bits per heavy atom. The van der Waals surface area contributed by atoms with Crippen LogP contribution in [0.25, 0.3) is 0 Å². The number of nitrogens with one attached hydrogen (secondary N) is 1. The van der Waals surface area contributed by atoms with Crippen molar-refractivity contribution in [2.24, 2.45) is 0 Å². The maximum absolute atomic E-state index is 12.7. The predicted molar refractivity (Wildman–Crippen MR) is 119 cm³/mol. The van der Waals surface area contributed by atoms with Crippen LogP contribution in [0.2, 0.25) is 5.02 Å². The summed E-state index contributed by atoms with van der Waals surface area (Å²) in [5.41, 5.74) is 1.62. The molecule has 160 valence electrons. The third kappa shape index (κ3) is 5.96. The molecule has 0 aliphatic rings. The number of carboxylic acid groups (broad SMARTS) is 1. The second-order valence-corrected chi connectivity index (χ2v) is 7.22. The number of carbonyl (C=O) groups excluding carboxylic acids is 1. The van der Waals surface area contributed by atoms with Gasteiger partial charge in [-0.15, -0.1) is 0 Å². The molecule has 0 saturated heterocycles. The quantitative estimate of drug-likeness (QED) is 0.509. The number of nitrogens with zero attached hydrogens (tertiary/aromatic N) is 2. The van der Waals surface area contributed by atoms with Gasteiger partial charge in [0.1, 0.15) is 11.9 Å². The Balaban J connectivity index is 1.82. The lowest BCUT2D eigenvalue weighted by molar-refractivity contribution is 0.102. The predicted octanol–water partition coefficient (Wildman–Crippen LogP) is 5.11. The monoisotopic (exact) mass is 439 g/mol. The number of anilines is 1. The number of carbonyl (C=O) groups is 2. The second kappa shape index (κ2) is 10.4. The third-order valence-electron chi connectivity index (χ3n) is 4.64. The Morgan fingerprint density at radius 2 is 1.84 bits per heavy atom. The van der Waals surface area contributed by atoms with Crippen LogP contribution < -0.4 is 10.1 Å². The molecule has 1 atom stereocenters. The molecule has 0 saturated carbocycles. The summed E-state index contributed by atoms with van der Waals surface area (Å²) in [6.45, 7) is 0.286. The minimum Gasteiger partial charge on any atom is -0.483 e. The normalized spacial score (nSPS) is 11.4. The lowest BCUT2D eigenvalue weighted by Crippen LogP contribution is -2.27. The minimum absolute atomic E-state index is 0.252. The van der Waals surface area contributed by atoms with Gasteiger partial charge in [-0.05, 0) is 23.8 Å². The van der Waals surface area contributed by atoms with Crippen molar-refractivity contribution < 1.29 is 19.4 Å². The van der Waals surface area contributed by atoms with Gasteiger partial charge in [-0.1, -0.05) is 54.1 Å². The molecule has 1 unspecified atom stereocenters. The lowest BCUT2D eigenvalue weighted by atomic mass is 10.1. The topological polar surface area (TPSA) is 91.8 Å². The van der Waals surface area contributed by atoms with Crippen LogP contribution in [0.3, 0.4) is 0 Å². The summed E-state index contributed by atoms with van der Waals surface area (Å²) in [4.78, 5) is 29.0. The molecule has 0 spiro atoms. The molecule has 3 aromatic rings. The summed E-state index contributed by atoms with van der Waals surface area (Å²) in [6.07, 6.45) is 1.92. The third-order valence-corrected chi connectivity index (χ3v) is 4.97. The molecule has 2 N–H and O–H groups in total. The molecule has 1 heterocycles. The molecular weight excluding hydrogens is 418 g/mol. The summed E-state index contributed by atoms with van der Waals surface area (Å²) in [5, 5.41) is 12.3. The molecule has 1 aromatic heterocycles. The number of halogens is 1. The molecule has 2 amide bonds. The summed E-state index contributed by atoms with van der Waals surface area (Å²) < 4.78 is 6.25. The fourth-order valence-electron chi connectivity index (χ4n) is 2.93.